The molecule has 4 rings (SSSR count). The molecule has 0 bridgehead atoms. The van der Waals surface area contributed by atoms with Crippen LogP contribution in [0.4, 0.5) is 10.1 Å². The second kappa shape index (κ2) is 11.5. The Morgan fingerprint density at radius 3 is 2.47 bits per heavy atom. The molecule has 3 atom stereocenters. The number of nitrogens with zero attached hydrogens (tertiary/aromatic N) is 4. The zero-order chi connectivity index (χ0) is 27.4. The van der Waals surface area contributed by atoms with Gasteiger partial charge in [0.25, 0.3) is 5.91 Å². The molecule has 2 N–H and O–H groups in total. The zero-order valence-corrected chi connectivity index (χ0v) is 22.2. The number of pyridine rings is 1. The van der Waals surface area contributed by atoms with Crippen molar-refractivity contribution in [2.45, 2.75) is 88.9 Å². The van der Waals surface area contributed by atoms with E-state index in [4.69, 9.17) is 0 Å². The number of carbonyl (C=O) groups excluding carboxylic acids is 2. The third-order valence-electron chi connectivity index (χ3n) is 7.48. The Balaban J connectivity index is 1.82. The number of aliphatic hydroxyl groups is 1. The maximum absolute atomic E-state index is 15.2. The van der Waals surface area contributed by atoms with Crippen molar-refractivity contribution in [1.82, 2.24) is 15.2 Å². The van der Waals surface area contributed by atoms with Gasteiger partial charge in [-0.3, -0.25) is 19.4 Å². The van der Waals surface area contributed by atoms with Gasteiger partial charge in [-0.1, -0.05) is 58.2 Å². The first-order chi connectivity index (χ1) is 18.1. The van der Waals surface area contributed by atoms with Gasteiger partial charge >= 0.3 is 0 Å². The third-order valence-corrected chi connectivity index (χ3v) is 7.48. The van der Waals surface area contributed by atoms with Crippen molar-refractivity contribution in [3.63, 3.8) is 0 Å². The lowest BCUT2D eigenvalue weighted by molar-refractivity contribution is -0.128. The molecule has 8 nitrogen and oxygen atoms in total. The minimum Gasteiger partial charge on any atom is -0.391 e. The van der Waals surface area contributed by atoms with Crippen LogP contribution in [0.15, 0.2) is 42.6 Å². The first-order valence-corrected chi connectivity index (χ1v) is 13.3. The van der Waals surface area contributed by atoms with E-state index in [9.17, 15) is 20.0 Å². The Morgan fingerprint density at radius 2 is 1.87 bits per heavy atom. The fraction of sp³-hybridized carbons (Fsp3) is 0.517. The molecule has 2 heterocycles. The summed E-state index contributed by atoms with van der Waals surface area (Å²) in [5, 5.41) is 22.9. The highest BCUT2D eigenvalue weighted by molar-refractivity contribution is 6.04. The normalized spacial score (nSPS) is 21.0. The number of β-amino-alcohol motifs (C(OH)–C–C–N with tert-alkyl or cyclic N) is 1. The van der Waals surface area contributed by atoms with E-state index in [0.29, 0.717) is 5.69 Å². The molecule has 2 amide bonds. The highest BCUT2D eigenvalue weighted by atomic mass is 19.1. The van der Waals surface area contributed by atoms with Crippen LogP contribution < -0.4 is 10.2 Å². The monoisotopic (exact) mass is 521 g/mol. The molecule has 1 aromatic heterocycles. The lowest BCUT2D eigenvalue weighted by Gasteiger charge is -2.35. The number of nitrogens with one attached hydrogen (secondary N) is 1. The van der Waals surface area contributed by atoms with Gasteiger partial charge in [0.2, 0.25) is 11.9 Å². The third kappa shape index (κ3) is 5.97. The first kappa shape index (κ1) is 27.5. The van der Waals surface area contributed by atoms with E-state index >= 15 is 4.39 Å². The van der Waals surface area contributed by atoms with Gasteiger partial charge in [0.05, 0.1) is 12.6 Å². The highest BCUT2D eigenvalue weighted by Gasteiger charge is 2.43. The van der Waals surface area contributed by atoms with Crippen LogP contribution in [-0.4, -0.2) is 51.5 Å². The van der Waals surface area contributed by atoms with Crippen LogP contribution in [0, 0.1) is 17.4 Å². The number of rotatable bonds is 6. The van der Waals surface area contributed by atoms with Crippen LogP contribution in [0.2, 0.25) is 0 Å². The van der Waals surface area contributed by atoms with Crippen LogP contribution in [0.5, 0.6) is 0 Å². The Labute approximate surface area is 223 Å². The number of benzene rings is 1. The number of amides is 2. The largest absolute Gasteiger partial charge is 0.391 e. The van der Waals surface area contributed by atoms with Gasteiger partial charge in [-0.2, -0.15) is 9.65 Å². The van der Waals surface area contributed by atoms with Gasteiger partial charge in [-0.05, 0) is 42.0 Å². The minimum absolute atomic E-state index is 0.0178. The number of anilines is 1. The SMILES string of the molecule is CC(C)(C)c1ccc(N(C(=O)[C@H]2C[C@@H](O)CN2C#N)C(C(=O)NC2CCCCC2)c2cccnc2F)cc1. The smallest absolute Gasteiger partial charge is 0.251 e. The summed E-state index contributed by atoms with van der Waals surface area (Å²) in [4.78, 5) is 34.3. The molecule has 1 aliphatic heterocycles. The lowest BCUT2D eigenvalue weighted by atomic mass is 9.87. The van der Waals surface area contributed by atoms with Gasteiger partial charge in [-0.15, -0.1) is 0 Å². The zero-order valence-electron chi connectivity index (χ0n) is 22.2. The standard InChI is InChI=1S/C29H36FN5O3/c1-29(2,3)19-11-13-21(14-12-19)35(28(38)24-16-22(36)17-34(24)18-31)25(23-10-7-15-32-26(23)30)27(37)33-20-8-5-4-6-9-20/h7,10-15,20,22,24-25,36H,4-6,8-9,16-17H2,1-3H3,(H,33,37)/t22-,24-,25?/m1/s1. The van der Waals surface area contributed by atoms with E-state index in [1.54, 1.807) is 12.1 Å². The van der Waals surface area contributed by atoms with Gasteiger partial charge < -0.3 is 10.4 Å². The number of hydrogen-bond acceptors (Lipinski definition) is 6. The van der Waals surface area contributed by atoms with E-state index in [2.05, 4.69) is 31.1 Å². The van der Waals surface area contributed by atoms with Crippen molar-refractivity contribution < 1.29 is 19.1 Å². The molecule has 0 spiro atoms. The van der Waals surface area contributed by atoms with Crippen molar-refractivity contribution in [2.75, 3.05) is 11.4 Å². The molecule has 38 heavy (non-hydrogen) atoms. The number of carbonyl (C=O) groups is 2. The number of aliphatic hydroxyl groups excluding tert-OH is 1. The summed E-state index contributed by atoms with van der Waals surface area (Å²) in [6, 6.07) is 7.86. The summed E-state index contributed by atoms with van der Waals surface area (Å²) in [6.07, 6.45) is 7.18. The van der Waals surface area contributed by atoms with E-state index in [1.807, 2.05) is 18.3 Å². The van der Waals surface area contributed by atoms with E-state index < -0.39 is 35.9 Å². The van der Waals surface area contributed by atoms with E-state index in [0.717, 1.165) is 37.7 Å². The quantitative estimate of drug-likeness (QED) is 0.440. The van der Waals surface area contributed by atoms with Crippen molar-refractivity contribution in [3.8, 4) is 6.19 Å². The van der Waals surface area contributed by atoms with Gasteiger partial charge in [-0.25, -0.2) is 4.98 Å². The van der Waals surface area contributed by atoms with E-state index in [1.165, 1.54) is 28.1 Å². The molecule has 1 aliphatic carbocycles. The molecule has 1 aromatic carbocycles. The molecule has 0 radical (unpaired) electrons. The Bertz CT molecular complexity index is 1180. The highest BCUT2D eigenvalue weighted by Crippen LogP contribution is 2.34. The number of hydrogen-bond donors (Lipinski definition) is 2. The van der Waals surface area contributed by atoms with Crippen molar-refractivity contribution >= 4 is 17.5 Å². The molecule has 2 fully saturated rings. The van der Waals surface area contributed by atoms with Crippen LogP contribution in [-0.2, 0) is 15.0 Å². The van der Waals surface area contributed by atoms with Gasteiger partial charge in [0.15, 0.2) is 6.19 Å². The lowest BCUT2D eigenvalue weighted by Crippen LogP contribution is -2.52. The maximum Gasteiger partial charge on any atom is 0.251 e. The van der Waals surface area contributed by atoms with Crippen molar-refractivity contribution in [1.29, 1.82) is 5.26 Å². The number of likely N-dealkylation sites (tertiary alicyclic amines) is 1. The second-order valence-corrected chi connectivity index (χ2v) is 11.3. The Hall–Kier alpha value is -3.51. The molecule has 2 aliphatic rings. The van der Waals surface area contributed by atoms with Crippen LogP contribution in [0.25, 0.3) is 0 Å². The minimum atomic E-state index is -1.35. The molecular weight excluding hydrogens is 485 g/mol. The average molecular weight is 522 g/mol. The molecule has 202 valence electrons. The molecule has 1 saturated carbocycles. The topological polar surface area (TPSA) is 110 Å². The van der Waals surface area contributed by atoms with Crippen LogP contribution >= 0.6 is 0 Å². The van der Waals surface area contributed by atoms with Crippen molar-refractivity contribution in [2.24, 2.45) is 0 Å². The molecular formula is C29H36FN5O3. The molecule has 1 saturated heterocycles. The van der Waals surface area contributed by atoms with Gasteiger partial charge in [0, 0.05) is 29.9 Å². The fourth-order valence-corrected chi connectivity index (χ4v) is 5.37. The number of nitriles is 1. The summed E-state index contributed by atoms with van der Waals surface area (Å²) in [7, 11) is 0. The number of halogens is 1. The summed E-state index contributed by atoms with van der Waals surface area (Å²) in [5.74, 6) is -1.90. The first-order valence-electron chi connectivity index (χ1n) is 13.3. The van der Waals surface area contributed by atoms with Gasteiger partial charge in [0.1, 0.15) is 12.1 Å². The molecule has 2 aromatic rings. The van der Waals surface area contributed by atoms with Crippen molar-refractivity contribution in [3.05, 3.63) is 59.7 Å². The number of aromatic nitrogens is 1. The summed E-state index contributed by atoms with van der Waals surface area (Å²) >= 11 is 0. The Morgan fingerprint density at radius 1 is 1.18 bits per heavy atom. The summed E-state index contributed by atoms with van der Waals surface area (Å²) in [5.41, 5.74) is 1.25. The molecule has 1 unspecified atom stereocenters. The molecule has 9 heteroatoms. The van der Waals surface area contributed by atoms with E-state index in [-0.39, 0.29) is 30.0 Å². The summed E-state index contributed by atoms with van der Waals surface area (Å²) in [6.45, 7) is 6.23. The summed E-state index contributed by atoms with van der Waals surface area (Å²) < 4.78 is 15.2. The predicted molar refractivity (Wildman–Crippen MR) is 141 cm³/mol. The average Bonchev–Trinajstić information content (AvgIpc) is 3.28. The van der Waals surface area contributed by atoms with Crippen LogP contribution in [0.3, 0.4) is 0 Å². The van der Waals surface area contributed by atoms with Crippen LogP contribution in [0.1, 0.15) is 76.5 Å². The predicted octanol–water partition coefficient (Wildman–Crippen LogP) is 3.96. The second-order valence-electron chi connectivity index (χ2n) is 11.3. The fourth-order valence-electron chi connectivity index (χ4n) is 5.37. The Kier molecular flexibility index (Phi) is 8.32. The maximum atomic E-state index is 15.2.